The van der Waals surface area contributed by atoms with E-state index in [-0.39, 0.29) is 18.2 Å². The number of rotatable bonds is 6. The fraction of sp³-hybridized carbons (Fsp3) is 0.417. The second kappa shape index (κ2) is 5.97. The number of benzene rings is 1. The molecule has 0 aromatic heterocycles. The molecular weight excluding hydrogens is 254 g/mol. The molecule has 0 spiro atoms. The predicted molar refractivity (Wildman–Crippen MR) is 68.8 cm³/mol. The van der Waals surface area contributed by atoms with Gasteiger partial charge >= 0.3 is 5.97 Å². The summed E-state index contributed by atoms with van der Waals surface area (Å²) in [7, 11) is -3.08. The van der Waals surface area contributed by atoms with Crippen molar-refractivity contribution in [3.05, 3.63) is 35.4 Å². The van der Waals surface area contributed by atoms with Crippen LogP contribution in [0, 0.1) is 0 Å². The molecule has 100 valence electrons. The van der Waals surface area contributed by atoms with E-state index in [1.165, 1.54) is 6.26 Å². The summed E-state index contributed by atoms with van der Waals surface area (Å²) in [6.45, 7) is 0. The second-order valence-corrected chi connectivity index (χ2v) is 6.49. The van der Waals surface area contributed by atoms with Gasteiger partial charge in [0.1, 0.15) is 0 Å². The third-order valence-corrected chi connectivity index (χ3v) is 3.33. The topological polar surface area (TPSA) is 97.5 Å². The Kier molecular flexibility index (Phi) is 4.86. The number of hydrogen-bond acceptors (Lipinski definition) is 4. The Morgan fingerprint density at radius 1 is 1.44 bits per heavy atom. The molecule has 0 fully saturated rings. The van der Waals surface area contributed by atoms with Crippen molar-refractivity contribution in [3.8, 4) is 0 Å². The molecule has 0 aliphatic heterocycles. The maximum Gasteiger partial charge on any atom is 0.303 e. The second-order valence-electron chi connectivity index (χ2n) is 4.35. The van der Waals surface area contributed by atoms with Gasteiger partial charge < -0.3 is 10.8 Å². The van der Waals surface area contributed by atoms with E-state index >= 15 is 0 Å². The highest BCUT2D eigenvalue weighted by Gasteiger charge is 2.10. The van der Waals surface area contributed by atoms with Gasteiger partial charge in [-0.3, -0.25) is 4.79 Å². The highest BCUT2D eigenvalue weighted by atomic mass is 32.2. The van der Waals surface area contributed by atoms with Crippen LogP contribution in [-0.2, 0) is 20.4 Å². The summed E-state index contributed by atoms with van der Waals surface area (Å²) in [5.41, 5.74) is 7.29. The maximum absolute atomic E-state index is 11.2. The molecule has 0 aliphatic rings. The molecule has 0 saturated heterocycles. The Morgan fingerprint density at radius 2 is 2.11 bits per heavy atom. The maximum atomic E-state index is 11.2. The molecule has 0 heterocycles. The number of carboxylic acid groups (broad SMARTS) is 1. The smallest absolute Gasteiger partial charge is 0.303 e. The minimum absolute atomic E-state index is 0.00251. The normalized spacial score (nSPS) is 13.2. The van der Waals surface area contributed by atoms with Crippen molar-refractivity contribution in [2.75, 3.05) is 6.26 Å². The number of nitrogens with two attached hydrogens (primary N) is 1. The molecule has 0 aliphatic carbocycles. The molecule has 5 nitrogen and oxygen atoms in total. The highest BCUT2D eigenvalue weighted by Crippen LogP contribution is 2.18. The van der Waals surface area contributed by atoms with E-state index in [1.54, 1.807) is 24.3 Å². The summed E-state index contributed by atoms with van der Waals surface area (Å²) in [6, 6.07) is 6.55. The molecule has 0 radical (unpaired) electrons. The van der Waals surface area contributed by atoms with Crippen molar-refractivity contribution < 1.29 is 18.3 Å². The zero-order chi connectivity index (χ0) is 13.8. The first-order chi connectivity index (χ1) is 8.28. The Hall–Kier alpha value is -1.40. The van der Waals surface area contributed by atoms with E-state index in [2.05, 4.69) is 0 Å². The third kappa shape index (κ3) is 5.29. The molecular formula is C12H17NO4S. The minimum atomic E-state index is -3.08. The van der Waals surface area contributed by atoms with Gasteiger partial charge in [0.25, 0.3) is 0 Å². The lowest BCUT2D eigenvalue weighted by molar-refractivity contribution is -0.137. The van der Waals surface area contributed by atoms with E-state index < -0.39 is 15.8 Å². The molecule has 18 heavy (non-hydrogen) atoms. The first kappa shape index (κ1) is 14.7. The van der Waals surface area contributed by atoms with Crippen LogP contribution in [0.2, 0.25) is 0 Å². The van der Waals surface area contributed by atoms with Crippen LogP contribution in [0.1, 0.15) is 30.0 Å². The summed E-state index contributed by atoms with van der Waals surface area (Å²) in [6.07, 6.45) is 1.50. The zero-order valence-electron chi connectivity index (χ0n) is 10.2. The summed E-state index contributed by atoms with van der Waals surface area (Å²) < 4.78 is 22.4. The standard InChI is InChI=1S/C12H17NO4S/c1-18(16,17)8-9-3-2-4-10(7-9)11(13)5-6-12(14)15/h2-4,7,11H,5-6,8,13H2,1H3,(H,14,15). The van der Waals surface area contributed by atoms with Crippen molar-refractivity contribution in [1.29, 1.82) is 0 Å². The van der Waals surface area contributed by atoms with Gasteiger partial charge in [-0.25, -0.2) is 8.42 Å². The van der Waals surface area contributed by atoms with Gasteiger partial charge in [0.15, 0.2) is 9.84 Å². The number of sulfone groups is 1. The Bertz CT molecular complexity index is 525. The molecule has 6 heteroatoms. The van der Waals surface area contributed by atoms with Crippen LogP contribution < -0.4 is 5.73 Å². The van der Waals surface area contributed by atoms with Gasteiger partial charge in [0, 0.05) is 18.7 Å². The van der Waals surface area contributed by atoms with Crippen LogP contribution in [0.5, 0.6) is 0 Å². The summed E-state index contributed by atoms with van der Waals surface area (Å²) in [4.78, 5) is 10.5. The lowest BCUT2D eigenvalue weighted by Crippen LogP contribution is -2.13. The average Bonchev–Trinajstić information content (AvgIpc) is 2.23. The van der Waals surface area contributed by atoms with Crippen molar-refractivity contribution in [2.45, 2.75) is 24.6 Å². The molecule has 1 rings (SSSR count). The molecule has 0 bridgehead atoms. The number of carbonyl (C=O) groups is 1. The van der Waals surface area contributed by atoms with Crippen LogP contribution in [0.15, 0.2) is 24.3 Å². The van der Waals surface area contributed by atoms with Gasteiger partial charge in [0.05, 0.1) is 5.75 Å². The Morgan fingerprint density at radius 3 is 2.67 bits per heavy atom. The lowest BCUT2D eigenvalue weighted by atomic mass is 10.0. The van der Waals surface area contributed by atoms with Crippen LogP contribution in [-0.4, -0.2) is 25.7 Å². The molecule has 1 aromatic rings. The van der Waals surface area contributed by atoms with Crippen LogP contribution in [0.3, 0.4) is 0 Å². The predicted octanol–water partition coefficient (Wildman–Crippen LogP) is 1.10. The average molecular weight is 271 g/mol. The summed E-state index contributed by atoms with van der Waals surface area (Å²) in [5.74, 6) is -0.926. The van der Waals surface area contributed by atoms with E-state index in [0.717, 1.165) is 5.56 Å². The van der Waals surface area contributed by atoms with Crippen molar-refractivity contribution >= 4 is 15.8 Å². The number of aliphatic carboxylic acids is 1. The van der Waals surface area contributed by atoms with Crippen LogP contribution >= 0.6 is 0 Å². The van der Waals surface area contributed by atoms with E-state index in [4.69, 9.17) is 10.8 Å². The summed E-state index contributed by atoms with van der Waals surface area (Å²) in [5, 5.41) is 8.58. The fourth-order valence-corrected chi connectivity index (χ4v) is 2.45. The largest absolute Gasteiger partial charge is 0.481 e. The summed E-state index contributed by atoms with van der Waals surface area (Å²) >= 11 is 0. The van der Waals surface area contributed by atoms with E-state index in [9.17, 15) is 13.2 Å². The van der Waals surface area contributed by atoms with Gasteiger partial charge in [-0.15, -0.1) is 0 Å². The third-order valence-electron chi connectivity index (χ3n) is 2.48. The highest BCUT2D eigenvalue weighted by molar-refractivity contribution is 7.89. The van der Waals surface area contributed by atoms with Gasteiger partial charge in [0.2, 0.25) is 0 Å². The quantitative estimate of drug-likeness (QED) is 0.807. The lowest BCUT2D eigenvalue weighted by Gasteiger charge is -2.12. The van der Waals surface area contributed by atoms with Gasteiger partial charge in [-0.1, -0.05) is 24.3 Å². The fourth-order valence-electron chi connectivity index (χ4n) is 1.66. The number of hydrogen-bond donors (Lipinski definition) is 2. The van der Waals surface area contributed by atoms with E-state index in [0.29, 0.717) is 12.0 Å². The van der Waals surface area contributed by atoms with Crippen molar-refractivity contribution in [1.82, 2.24) is 0 Å². The van der Waals surface area contributed by atoms with Crippen molar-refractivity contribution in [2.24, 2.45) is 5.73 Å². The molecule has 1 aromatic carbocycles. The van der Waals surface area contributed by atoms with E-state index in [1.807, 2.05) is 0 Å². The monoisotopic (exact) mass is 271 g/mol. The molecule has 1 unspecified atom stereocenters. The first-order valence-corrected chi connectivity index (χ1v) is 7.58. The SMILES string of the molecule is CS(=O)(=O)Cc1cccc(C(N)CCC(=O)O)c1. The number of carboxylic acids is 1. The van der Waals surface area contributed by atoms with Gasteiger partial charge in [-0.05, 0) is 17.5 Å². The molecule has 0 amide bonds. The molecule has 3 N–H and O–H groups in total. The Balaban J connectivity index is 2.78. The van der Waals surface area contributed by atoms with Crippen LogP contribution in [0.4, 0.5) is 0 Å². The zero-order valence-corrected chi connectivity index (χ0v) is 11.0. The molecule has 0 saturated carbocycles. The molecule has 1 atom stereocenters. The Labute approximate surface area is 107 Å². The van der Waals surface area contributed by atoms with Crippen LogP contribution in [0.25, 0.3) is 0 Å². The van der Waals surface area contributed by atoms with Gasteiger partial charge in [-0.2, -0.15) is 0 Å². The van der Waals surface area contributed by atoms with Crippen molar-refractivity contribution in [3.63, 3.8) is 0 Å². The first-order valence-electron chi connectivity index (χ1n) is 5.52. The minimum Gasteiger partial charge on any atom is -0.481 e.